The molecule has 1 aromatic rings. The van der Waals surface area contributed by atoms with E-state index in [4.69, 9.17) is 16.7 Å². The number of rotatable bonds is 2. The Bertz CT molecular complexity index is 296. The van der Waals surface area contributed by atoms with Crippen LogP contribution in [0.1, 0.15) is 15.6 Å². The third kappa shape index (κ3) is 1.99. The Morgan fingerprint density at radius 2 is 2.45 bits per heavy atom. The largest absolute Gasteiger partial charge is 0.476 e. The summed E-state index contributed by atoms with van der Waals surface area (Å²) in [6.07, 6.45) is 1.42. The van der Waals surface area contributed by atoms with Crippen molar-refractivity contribution in [2.45, 2.75) is 0 Å². The van der Waals surface area contributed by atoms with E-state index in [0.29, 0.717) is 5.82 Å². The monoisotopic (exact) mass is 190 g/mol. The molecule has 0 unspecified atom stereocenters. The highest BCUT2D eigenvalue weighted by molar-refractivity contribution is 7.07. The highest BCUT2D eigenvalue weighted by atomic mass is 35.5. The molecule has 11 heavy (non-hydrogen) atoms. The van der Waals surface area contributed by atoms with Crippen molar-refractivity contribution < 1.29 is 9.90 Å². The van der Waals surface area contributed by atoms with E-state index in [-0.39, 0.29) is 5.01 Å². The van der Waals surface area contributed by atoms with Crippen LogP contribution < -0.4 is 0 Å². The highest BCUT2D eigenvalue weighted by Crippen LogP contribution is 2.05. The summed E-state index contributed by atoms with van der Waals surface area (Å²) in [7, 11) is 0. The smallest absolute Gasteiger partial charge is 0.366 e. The van der Waals surface area contributed by atoms with Gasteiger partial charge in [-0.3, -0.25) is 0 Å². The Hall–Kier alpha value is -0.940. The molecule has 0 saturated carbocycles. The molecule has 1 heterocycles. The zero-order chi connectivity index (χ0) is 8.27. The standard InChI is InChI=1S/C5H3ClN2O2S/c6-2-1-3-7-4(5(9)10)11-8-3/h1-2H,(H,9,10)/b2-1+. The average molecular weight is 191 g/mol. The maximum atomic E-state index is 10.3. The first-order valence-corrected chi connectivity index (χ1v) is 3.79. The lowest BCUT2D eigenvalue weighted by Crippen LogP contribution is -1.93. The van der Waals surface area contributed by atoms with Gasteiger partial charge >= 0.3 is 5.97 Å². The van der Waals surface area contributed by atoms with Crippen LogP contribution in [0.5, 0.6) is 0 Å². The van der Waals surface area contributed by atoms with Crippen molar-refractivity contribution in [1.82, 2.24) is 9.36 Å². The minimum Gasteiger partial charge on any atom is -0.476 e. The van der Waals surface area contributed by atoms with Gasteiger partial charge in [-0.1, -0.05) is 11.6 Å². The number of aromatic nitrogens is 2. The molecule has 0 aromatic carbocycles. The average Bonchev–Trinajstić information content (AvgIpc) is 2.37. The van der Waals surface area contributed by atoms with E-state index in [0.717, 1.165) is 11.5 Å². The van der Waals surface area contributed by atoms with Crippen LogP contribution in [0.4, 0.5) is 0 Å². The molecular weight excluding hydrogens is 188 g/mol. The molecular formula is C5H3ClN2O2S. The summed E-state index contributed by atoms with van der Waals surface area (Å²) < 4.78 is 3.71. The maximum absolute atomic E-state index is 10.3. The minimum atomic E-state index is -1.07. The van der Waals surface area contributed by atoms with E-state index in [1.165, 1.54) is 11.6 Å². The Morgan fingerprint density at radius 1 is 1.73 bits per heavy atom. The van der Waals surface area contributed by atoms with Crippen molar-refractivity contribution in [3.63, 3.8) is 0 Å². The second kappa shape index (κ2) is 3.45. The summed E-state index contributed by atoms with van der Waals surface area (Å²) in [4.78, 5) is 13.9. The van der Waals surface area contributed by atoms with Gasteiger partial charge in [-0.2, -0.15) is 4.37 Å². The summed E-state index contributed by atoms with van der Waals surface area (Å²) in [5.41, 5.74) is 1.23. The SMILES string of the molecule is O=C(O)c1nc(/C=C/Cl)ns1. The Morgan fingerprint density at radius 3 is 2.91 bits per heavy atom. The molecule has 0 atom stereocenters. The Labute approximate surface area is 71.3 Å². The summed E-state index contributed by atoms with van der Waals surface area (Å²) in [6.45, 7) is 0. The van der Waals surface area contributed by atoms with Gasteiger partial charge < -0.3 is 5.11 Å². The summed E-state index contributed by atoms with van der Waals surface area (Å²) in [5.74, 6) is -0.751. The van der Waals surface area contributed by atoms with Gasteiger partial charge in [0.1, 0.15) is 0 Å². The molecule has 0 aliphatic heterocycles. The van der Waals surface area contributed by atoms with Crippen LogP contribution in [0, 0.1) is 0 Å². The third-order valence-corrected chi connectivity index (χ3v) is 1.68. The van der Waals surface area contributed by atoms with Crippen molar-refractivity contribution >= 4 is 35.2 Å². The van der Waals surface area contributed by atoms with Crippen molar-refractivity contribution in [2.75, 3.05) is 0 Å². The Balaban J connectivity index is 2.90. The normalized spacial score (nSPS) is 10.6. The zero-order valence-corrected chi connectivity index (χ0v) is 6.76. The van der Waals surface area contributed by atoms with E-state index in [1.807, 2.05) is 0 Å². The molecule has 0 bridgehead atoms. The van der Waals surface area contributed by atoms with Gasteiger partial charge in [-0.05, 0) is 17.6 Å². The van der Waals surface area contributed by atoms with E-state index < -0.39 is 5.97 Å². The van der Waals surface area contributed by atoms with Crippen molar-refractivity contribution in [3.8, 4) is 0 Å². The summed E-state index contributed by atoms with van der Waals surface area (Å²) in [6, 6.07) is 0. The zero-order valence-electron chi connectivity index (χ0n) is 5.19. The quantitative estimate of drug-likeness (QED) is 0.767. The lowest BCUT2D eigenvalue weighted by molar-refractivity contribution is 0.0696. The van der Waals surface area contributed by atoms with E-state index >= 15 is 0 Å². The van der Waals surface area contributed by atoms with Crippen LogP contribution in [0.2, 0.25) is 0 Å². The van der Waals surface area contributed by atoms with Gasteiger partial charge in [0.05, 0.1) is 0 Å². The van der Waals surface area contributed by atoms with Gasteiger partial charge in [-0.15, -0.1) is 0 Å². The number of aromatic carboxylic acids is 1. The molecule has 0 amide bonds. The molecule has 0 spiro atoms. The molecule has 0 fully saturated rings. The van der Waals surface area contributed by atoms with Crippen molar-refractivity contribution in [1.29, 1.82) is 0 Å². The van der Waals surface area contributed by atoms with E-state index in [9.17, 15) is 4.79 Å². The fraction of sp³-hybridized carbons (Fsp3) is 0. The van der Waals surface area contributed by atoms with Gasteiger partial charge in [0.15, 0.2) is 5.82 Å². The van der Waals surface area contributed by atoms with Crippen LogP contribution in [0.3, 0.4) is 0 Å². The second-order valence-electron chi connectivity index (χ2n) is 1.56. The van der Waals surface area contributed by atoms with Crippen LogP contribution in [0.15, 0.2) is 5.54 Å². The molecule has 1 aromatic heterocycles. The van der Waals surface area contributed by atoms with Crippen LogP contribution >= 0.6 is 23.1 Å². The molecule has 58 valence electrons. The number of carbonyl (C=O) groups is 1. The predicted octanol–water partition coefficient (Wildman–Crippen LogP) is 1.45. The molecule has 0 radical (unpaired) electrons. The lowest BCUT2D eigenvalue weighted by atomic mass is 10.6. The fourth-order valence-electron chi connectivity index (χ4n) is 0.446. The molecule has 0 saturated heterocycles. The first-order valence-electron chi connectivity index (χ1n) is 2.58. The van der Waals surface area contributed by atoms with Gasteiger partial charge in [-0.25, -0.2) is 9.78 Å². The molecule has 4 nitrogen and oxygen atoms in total. The number of nitrogens with zero attached hydrogens (tertiary/aromatic N) is 2. The third-order valence-electron chi connectivity index (χ3n) is 0.837. The molecule has 1 rings (SSSR count). The maximum Gasteiger partial charge on any atom is 0.366 e. The van der Waals surface area contributed by atoms with Gasteiger partial charge in [0, 0.05) is 5.54 Å². The fourth-order valence-corrected chi connectivity index (χ4v) is 1.05. The second-order valence-corrected chi connectivity index (χ2v) is 2.56. The Kier molecular flexibility index (Phi) is 2.56. The number of halogens is 1. The number of hydrogen-bond donors (Lipinski definition) is 1. The molecule has 0 aliphatic carbocycles. The topological polar surface area (TPSA) is 63.1 Å². The van der Waals surface area contributed by atoms with Gasteiger partial charge in [0.2, 0.25) is 5.01 Å². The van der Waals surface area contributed by atoms with Gasteiger partial charge in [0.25, 0.3) is 0 Å². The van der Waals surface area contributed by atoms with Crippen molar-refractivity contribution in [3.05, 3.63) is 16.4 Å². The predicted molar refractivity (Wildman–Crippen MR) is 41.8 cm³/mol. The summed E-state index contributed by atoms with van der Waals surface area (Å²) in [5, 5.41) is 8.38. The first kappa shape index (κ1) is 8.16. The van der Waals surface area contributed by atoms with Crippen LogP contribution in [-0.2, 0) is 0 Å². The van der Waals surface area contributed by atoms with Crippen LogP contribution in [0.25, 0.3) is 6.08 Å². The minimum absolute atomic E-state index is 0.0326. The lowest BCUT2D eigenvalue weighted by Gasteiger charge is -1.78. The first-order chi connectivity index (χ1) is 5.24. The van der Waals surface area contributed by atoms with E-state index in [1.54, 1.807) is 0 Å². The van der Waals surface area contributed by atoms with E-state index in [2.05, 4.69) is 9.36 Å². The molecule has 6 heteroatoms. The number of hydrogen-bond acceptors (Lipinski definition) is 4. The summed E-state index contributed by atoms with van der Waals surface area (Å²) >= 11 is 6.05. The molecule has 0 aliphatic rings. The van der Waals surface area contributed by atoms with Crippen molar-refractivity contribution in [2.24, 2.45) is 0 Å². The number of carboxylic acids is 1. The molecule has 1 N–H and O–H groups in total. The number of carboxylic acid groups (broad SMARTS) is 1. The van der Waals surface area contributed by atoms with Crippen LogP contribution in [-0.4, -0.2) is 20.4 Å². The highest BCUT2D eigenvalue weighted by Gasteiger charge is 2.07.